The lowest BCUT2D eigenvalue weighted by atomic mass is 9.42. The second-order valence-electron chi connectivity index (χ2n) is 11.9. The molecule has 9 atom stereocenters. The van der Waals surface area contributed by atoms with E-state index in [0.717, 1.165) is 61.7 Å². The van der Waals surface area contributed by atoms with Gasteiger partial charge in [0.05, 0.1) is 0 Å². The summed E-state index contributed by atoms with van der Waals surface area (Å²) in [5.74, 6) is 6.30. The topological polar surface area (TPSA) is 34.1 Å². The van der Waals surface area contributed by atoms with Crippen molar-refractivity contribution in [1.82, 2.24) is 0 Å². The predicted molar refractivity (Wildman–Crippen MR) is 114 cm³/mol. The van der Waals surface area contributed by atoms with Crippen molar-refractivity contribution in [2.45, 2.75) is 98.8 Å². The summed E-state index contributed by atoms with van der Waals surface area (Å²) in [6, 6.07) is 0. The van der Waals surface area contributed by atoms with Crippen LogP contribution in [0.25, 0.3) is 0 Å². The minimum atomic E-state index is 0.349. The maximum Gasteiger partial charge on any atom is 0.133 e. The van der Waals surface area contributed by atoms with E-state index in [4.69, 9.17) is 0 Å². The van der Waals surface area contributed by atoms with Crippen LogP contribution in [-0.2, 0) is 9.59 Å². The fraction of sp³-hybridized carbons (Fsp3) is 0.923. The maximum atomic E-state index is 12.2. The van der Waals surface area contributed by atoms with Crippen molar-refractivity contribution in [3.8, 4) is 0 Å². The molecule has 2 heteroatoms. The highest BCUT2D eigenvalue weighted by Crippen LogP contribution is 2.69. The Morgan fingerprint density at radius 1 is 1.11 bits per heavy atom. The third-order valence-electron chi connectivity index (χ3n) is 10.6. The molecule has 4 aliphatic carbocycles. The number of carbonyl (C=O) groups is 2. The standard InChI is InChI=1S/C26H42O2/c1-16(6-7-18(3)27)21-8-9-22-24-17(2)14-19-15-20(28)10-12-25(19,4)23(24)11-13-26(21,22)5/h16-17,19,21-24H,6-15H2,1-5H3/t16?,17-,19?,21?,22?,23?,24?,25+,26-/m1/s1. The van der Waals surface area contributed by atoms with E-state index in [0.29, 0.717) is 34.2 Å². The van der Waals surface area contributed by atoms with Crippen LogP contribution in [0.1, 0.15) is 98.8 Å². The highest BCUT2D eigenvalue weighted by molar-refractivity contribution is 5.79. The van der Waals surface area contributed by atoms with Gasteiger partial charge in [-0.2, -0.15) is 0 Å². The van der Waals surface area contributed by atoms with Gasteiger partial charge in [0.2, 0.25) is 0 Å². The van der Waals surface area contributed by atoms with E-state index in [1.54, 1.807) is 6.92 Å². The summed E-state index contributed by atoms with van der Waals surface area (Å²) in [6.07, 6.45) is 11.5. The maximum absolute atomic E-state index is 12.2. The zero-order valence-corrected chi connectivity index (χ0v) is 18.9. The van der Waals surface area contributed by atoms with Crippen molar-refractivity contribution in [2.24, 2.45) is 52.3 Å². The molecule has 0 heterocycles. The van der Waals surface area contributed by atoms with Gasteiger partial charge in [0.1, 0.15) is 11.6 Å². The van der Waals surface area contributed by atoms with E-state index in [2.05, 4.69) is 27.7 Å². The van der Waals surface area contributed by atoms with Crippen molar-refractivity contribution in [3.05, 3.63) is 0 Å². The molecule has 2 nitrogen and oxygen atoms in total. The molecule has 0 aromatic rings. The Labute approximate surface area is 172 Å². The lowest BCUT2D eigenvalue weighted by Crippen LogP contribution is -2.56. The molecule has 0 N–H and O–H groups in total. The van der Waals surface area contributed by atoms with Gasteiger partial charge in [0.15, 0.2) is 0 Å². The van der Waals surface area contributed by atoms with E-state index in [-0.39, 0.29) is 0 Å². The molecule has 0 saturated heterocycles. The SMILES string of the molecule is CC(=O)CCC(C)C1CCC2C3C(CC[C@]12C)[C@@]1(C)CCC(=O)CC1C[C@H]3C. The van der Waals surface area contributed by atoms with Crippen LogP contribution < -0.4 is 0 Å². The summed E-state index contributed by atoms with van der Waals surface area (Å²) in [4.78, 5) is 23.7. The first-order chi connectivity index (χ1) is 13.2. The highest BCUT2D eigenvalue weighted by Gasteiger charge is 2.62. The number of ketones is 2. The average molecular weight is 387 g/mol. The van der Waals surface area contributed by atoms with Crippen molar-refractivity contribution in [2.75, 3.05) is 0 Å². The predicted octanol–water partition coefficient (Wildman–Crippen LogP) is 6.47. The average Bonchev–Trinajstić information content (AvgIpc) is 2.98. The van der Waals surface area contributed by atoms with Crippen molar-refractivity contribution in [1.29, 1.82) is 0 Å². The molecule has 0 amide bonds. The first-order valence-electron chi connectivity index (χ1n) is 12.2. The second-order valence-corrected chi connectivity index (χ2v) is 11.9. The van der Waals surface area contributed by atoms with Crippen LogP contribution in [0.2, 0.25) is 0 Å². The Morgan fingerprint density at radius 3 is 2.54 bits per heavy atom. The van der Waals surface area contributed by atoms with Crippen molar-refractivity contribution < 1.29 is 9.59 Å². The monoisotopic (exact) mass is 386 g/mol. The molecule has 4 fully saturated rings. The fourth-order valence-corrected chi connectivity index (χ4v) is 9.03. The summed E-state index contributed by atoms with van der Waals surface area (Å²) in [5.41, 5.74) is 0.879. The van der Waals surface area contributed by atoms with Crippen LogP contribution in [-0.4, -0.2) is 11.6 Å². The van der Waals surface area contributed by atoms with Gasteiger partial charge in [0, 0.05) is 19.3 Å². The van der Waals surface area contributed by atoms with E-state index in [1.807, 2.05) is 0 Å². The zero-order valence-electron chi connectivity index (χ0n) is 18.9. The van der Waals surface area contributed by atoms with Gasteiger partial charge in [-0.1, -0.05) is 27.7 Å². The summed E-state index contributed by atoms with van der Waals surface area (Å²) in [7, 11) is 0. The Hall–Kier alpha value is -0.660. The molecule has 4 saturated carbocycles. The molecule has 4 rings (SSSR count). The van der Waals surface area contributed by atoms with E-state index < -0.39 is 0 Å². The van der Waals surface area contributed by atoms with Crippen LogP contribution in [0, 0.1) is 52.3 Å². The number of Topliss-reactive ketones (excluding diaryl/α,β-unsaturated/α-hetero) is 2. The first kappa shape index (κ1) is 20.6. The molecule has 0 aromatic heterocycles. The Balaban J connectivity index is 1.56. The molecule has 0 aromatic carbocycles. The Kier molecular flexibility index (Phi) is 5.33. The third kappa shape index (κ3) is 3.12. The highest BCUT2D eigenvalue weighted by atomic mass is 16.1. The van der Waals surface area contributed by atoms with Crippen LogP contribution in [0.15, 0.2) is 0 Å². The molecule has 4 aliphatic rings. The number of hydrogen-bond donors (Lipinski definition) is 0. The van der Waals surface area contributed by atoms with Gasteiger partial charge >= 0.3 is 0 Å². The molecular formula is C26H42O2. The van der Waals surface area contributed by atoms with Gasteiger partial charge in [0.25, 0.3) is 0 Å². The van der Waals surface area contributed by atoms with E-state index in [1.165, 1.54) is 32.1 Å². The molecule has 0 bridgehead atoms. The van der Waals surface area contributed by atoms with Crippen molar-refractivity contribution in [3.63, 3.8) is 0 Å². The second kappa shape index (κ2) is 7.24. The summed E-state index contributed by atoms with van der Waals surface area (Å²) in [6.45, 7) is 11.8. The molecule has 0 spiro atoms. The molecule has 0 aliphatic heterocycles. The van der Waals surface area contributed by atoms with Crippen LogP contribution in [0.5, 0.6) is 0 Å². The Morgan fingerprint density at radius 2 is 1.82 bits per heavy atom. The van der Waals surface area contributed by atoms with E-state index >= 15 is 0 Å². The van der Waals surface area contributed by atoms with Crippen LogP contribution in [0.4, 0.5) is 0 Å². The summed E-state index contributed by atoms with van der Waals surface area (Å²) in [5, 5.41) is 0. The zero-order chi connectivity index (χ0) is 20.3. The van der Waals surface area contributed by atoms with Gasteiger partial charge in [-0.25, -0.2) is 0 Å². The van der Waals surface area contributed by atoms with Crippen LogP contribution >= 0.6 is 0 Å². The molecule has 28 heavy (non-hydrogen) atoms. The van der Waals surface area contributed by atoms with Gasteiger partial charge in [-0.15, -0.1) is 0 Å². The number of rotatable bonds is 4. The lowest BCUT2D eigenvalue weighted by Gasteiger charge is -2.62. The quantitative estimate of drug-likeness (QED) is 0.555. The number of carbonyl (C=O) groups excluding carboxylic acids is 2. The minimum Gasteiger partial charge on any atom is -0.300 e. The van der Waals surface area contributed by atoms with Crippen LogP contribution in [0.3, 0.4) is 0 Å². The first-order valence-corrected chi connectivity index (χ1v) is 12.2. The van der Waals surface area contributed by atoms with Gasteiger partial charge in [-0.3, -0.25) is 4.79 Å². The smallest absolute Gasteiger partial charge is 0.133 e. The molecule has 158 valence electrons. The van der Waals surface area contributed by atoms with Gasteiger partial charge < -0.3 is 4.79 Å². The molecule has 0 radical (unpaired) electrons. The summed E-state index contributed by atoms with van der Waals surface area (Å²) < 4.78 is 0. The lowest BCUT2D eigenvalue weighted by molar-refractivity contribution is -0.150. The summed E-state index contributed by atoms with van der Waals surface area (Å²) >= 11 is 0. The number of fused-ring (bicyclic) bond motifs is 5. The molecule has 6 unspecified atom stereocenters. The largest absolute Gasteiger partial charge is 0.300 e. The fourth-order valence-electron chi connectivity index (χ4n) is 9.03. The minimum absolute atomic E-state index is 0.349. The van der Waals surface area contributed by atoms with Crippen molar-refractivity contribution >= 4 is 11.6 Å². The Bertz CT molecular complexity index is 638. The number of hydrogen-bond acceptors (Lipinski definition) is 2. The van der Waals surface area contributed by atoms with Gasteiger partial charge in [-0.05, 0) is 104 Å². The molecular weight excluding hydrogens is 344 g/mol. The third-order valence-corrected chi connectivity index (χ3v) is 10.6. The normalized spacial score (nSPS) is 49.1. The van der Waals surface area contributed by atoms with E-state index in [9.17, 15) is 9.59 Å².